The summed E-state index contributed by atoms with van der Waals surface area (Å²) >= 11 is 1.47. The third-order valence-electron chi connectivity index (χ3n) is 3.60. The molecular weight excluding hydrogens is 274 g/mol. The molecule has 2 aromatic rings. The second-order valence-corrected chi connectivity index (χ2v) is 6.29. The van der Waals surface area contributed by atoms with Crippen LogP contribution >= 0.6 is 11.3 Å². The van der Waals surface area contributed by atoms with Gasteiger partial charge in [0.1, 0.15) is 0 Å². The third kappa shape index (κ3) is 2.67. The second kappa shape index (κ2) is 5.12. The Bertz CT molecular complexity index is 601. The van der Waals surface area contributed by atoms with Crippen molar-refractivity contribution >= 4 is 32.6 Å². The molecule has 1 aromatic heterocycles. The Morgan fingerprint density at radius 1 is 1.50 bits per heavy atom. The van der Waals surface area contributed by atoms with E-state index >= 15 is 0 Å². The number of rotatable bonds is 4. The number of carbonyl (C=O) groups excluding carboxylic acids is 1. The first kappa shape index (κ1) is 13.5. The van der Waals surface area contributed by atoms with Crippen LogP contribution in [0.4, 0.5) is 5.13 Å². The number of nitrogens with one attached hydrogen (secondary N) is 1. The minimum Gasteiger partial charge on any atom is -0.387 e. The van der Waals surface area contributed by atoms with Gasteiger partial charge in [0, 0.05) is 13.1 Å². The van der Waals surface area contributed by atoms with Gasteiger partial charge in [0.25, 0.3) is 0 Å². The number of nitrogens with zero attached hydrogens (tertiary/aromatic N) is 2. The van der Waals surface area contributed by atoms with Gasteiger partial charge in [-0.05, 0) is 18.6 Å². The van der Waals surface area contributed by atoms with Crippen molar-refractivity contribution in [2.24, 2.45) is 0 Å². The van der Waals surface area contributed by atoms with Crippen molar-refractivity contribution in [3.63, 3.8) is 0 Å². The van der Waals surface area contributed by atoms with Crippen molar-refractivity contribution in [3.05, 3.63) is 24.3 Å². The molecule has 0 saturated carbocycles. The average molecular weight is 291 g/mol. The van der Waals surface area contributed by atoms with Crippen LogP contribution in [0, 0.1) is 0 Å². The number of aromatic nitrogens is 1. The Morgan fingerprint density at radius 2 is 2.25 bits per heavy atom. The first-order valence-electron chi connectivity index (χ1n) is 6.68. The number of aliphatic hydroxyl groups is 1. The van der Waals surface area contributed by atoms with Crippen molar-refractivity contribution < 1.29 is 9.90 Å². The highest BCUT2D eigenvalue weighted by atomic mass is 32.1. The predicted octanol–water partition coefficient (Wildman–Crippen LogP) is 1.69. The molecule has 2 N–H and O–H groups in total. The zero-order valence-electron chi connectivity index (χ0n) is 11.3. The number of β-amino-alcohol motifs (C(OH)–C–C–N with tert-alkyl or cyclic N) is 1. The van der Waals surface area contributed by atoms with E-state index in [4.69, 9.17) is 0 Å². The molecule has 0 aliphatic carbocycles. The van der Waals surface area contributed by atoms with Crippen molar-refractivity contribution in [3.8, 4) is 0 Å². The number of anilines is 1. The highest BCUT2D eigenvalue weighted by molar-refractivity contribution is 7.22. The van der Waals surface area contributed by atoms with Crippen LogP contribution in [-0.2, 0) is 4.79 Å². The summed E-state index contributed by atoms with van der Waals surface area (Å²) in [6, 6.07) is 7.80. The predicted molar refractivity (Wildman–Crippen MR) is 79.9 cm³/mol. The molecule has 0 radical (unpaired) electrons. The molecule has 106 valence electrons. The lowest BCUT2D eigenvalue weighted by molar-refractivity contribution is -0.128. The molecule has 0 bridgehead atoms. The smallest absolute Gasteiger partial charge is 0.240 e. The fourth-order valence-electron chi connectivity index (χ4n) is 2.41. The lowest BCUT2D eigenvalue weighted by Gasteiger charge is -2.45. The van der Waals surface area contributed by atoms with Crippen LogP contribution in [0.5, 0.6) is 0 Å². The van der Waals surface area contributed by atoms with Crippen molar-refractivity contribution in [2.75, 3.05) is 25.0 Å². The molecule has 1 saturated heterocycles. The summed E-state index contributed by atoms with van der Waals surface area (Å²) < 4.78 is 1.06. The second-order valence-electron chi connectivity index (χ2n) is 5.26. The van der Waals surface area contributed by atoms with Gasteiger partial charge in [0.2, 0.25) is 5.91 Å². The Morgan fingerprint density at radius 3 is 2.95 bits per heavy atom. The molecule has 1 aliphatic heterocycles. The standard InChI is InChI=1S/C14H17N3O2S/c1-2-14(19)8-17(9-14)7-12(18)16-13-15-10-5-3-4-6-11(10)20-13/h3-6,19H,2,7-9H2,1H3,(H,15,16,18). The largest absolute Gasteiger partial charge is 0.387 e. The summed E-state index contributed by atoms with van der Waals surface area (Å²) in [5.41, 5.74) is 0.299. The number of fused-ring (bicyclic) bond motifs is 1. The van der Waals surface area contributed by atoms with Crippen molar-refractivity contribution in [2.45, 2.75) is 18.9 Å². The zero-order chi connectivity index (χ0) is 14.2. The van der Waals surface area contributed by atoms with Crippen LogP contribution < -0.4 is 5.32 Å². The van der Waals surface area contributed by atoms with Gasteiger partial charge in [0.05, 0.1) is 22.4 Å². The maximum atomic E-state index is 11.9. The molecule has 1 aromatic carbocycles. The number of likely N-dealkylation sites (tertiary alicyclic amines) is 1. The van der Waals surface area contributed by atoms with Gasteiger partial charge in [-0.25, -0.2) is 4.98 Å². The Hall–Kier alpha value is -1.50. The number of hydrogen-bond acceptors (Lipinski definition) is 5. The zero-order valence-corrected chi connectivity index (χ0v) is 12.1. The summed E-state index contributed by atoms with van der Waals surface area (Å²) in [7, 11) is 0. The number of benzene rings is 1. The van der Waals surface area contributed by atoms with E-state index in [0.29, 0.717) is 24.8 Å². The van der Waals surface area contributed by atoms with Crippen LogP contribution in [0.2, 0.25) is 0 Å². The number of thiazole rings is 1. The van der Waals surface area contributed by atoms with E-state index in [2.05, 4.69) is 10.3 Å². The minimum absolute atomic E-state index is 0.0813. The first-order chi connectivity index (χ1) is 9.58. The van der Waals surface area contributed by atoms with E-state index in [1.165, 1.54) is 11.3 Å². The van der Waals surface area contributed by atoms with Gasteiger partial charge in [-0.1, -0.05) is 30.4 Å². The lowest BCUT2D eigenvalue weighted by Crippen LogP contribution is -2.62. The van der Waals surface area contributed by atoms with Gasteiger partial charge in [-0.2, -0.15) is 0 Å². The van der Waals surface area contributed by atoms with E-state index in [0.717, 1.165) is 16.6 Å². The number of hydrogen-bond donors (Lipinski definition) is 2. The molecule has 0 unspecified atom stereocenters. The maximum Gasteiger partial charge on any atom is 0.240 e. The van der Waals surface area contributed by atoms with Gasteiger partial charge in [0.15, 0.2) is 5.13 Å². The molecule has 0 spiro atoms. The van der Waals surface area contributed by atoms with E-state index < -0.39 is 5.60 Å². The van der Waals surface area contributed by atoms with E-state index in [9.17, 15) is 9.90 Å². The molecule has 5 nitrogen and oxygen atoms in total. The normalized spacial score (nSPS) is 17.9. The molecule has 1 fully saturated rings. The number of amides is 1. The van der Waals surface area contributed by atoms with Crippen molar-refractivity contribution in [1.29, 1.82) is 0 Å². The highest BCUT2D eigenvalue weighted by Crippen LogP contribution is 2.26. The van der Waals surface area contributed by atoms with Gasteiger partial charge < -0.3 is 10.4 Å². The monoisotopic (exact) mass is 291 g/mol. The molecular formula is C14H17N3O2S. The van der Waals surface area contributed by atoms with Crippen LogP contribution in [0.15, 0.2) is 24.3 Å². The fraction of sp³-hybridized carbons (Fsp3) is 0.429. The van der Waals surface area contributed by atoms with E-state index in [-0.39, 0.29) is 5.91 Å². The van der Waals surface area contributed by atoms with Crippen LogP contribution in [-0.4, -0.2) is 46.1 Å². The molecule has 1 aliphatic rings. The summed E-state index contributed by atoms with van der Waals surface area (Å²) in [6.45, 7) is 3.39. The molecule has 2 heterocycles. The molecule has 3 rings (SSSR count). The van der Waals surface area contributed by atoms with E-state index in [1.54, 1.807) is 0 Å². The summed E-state index contributed by atoms with van der Waals surface area (Å²) in [6.07, 6.45) is 0.725. The number of para-hydroxylation sites is 1. The Balaban J connectivity index is 1.57. The molecule has 6 heteroatoms. The Labute approximate surface area is 121 Å². The van der Waals surface area contributed by atoms with Crippen LogP contribution in [0.25, 0.3) is 10.2 Å². The summed E-state index contributed by atoms with van der Waals surface area (Å²) in [5, 5.41) is 13.4. The van der Waals surface area contributed by atoms with Gasteiger partial charge in [-0.3, -0.25) is 9.69 Å². The van der Waals surface area contributed by atoms with Crippen molar-refractivity contribution in [1.82, 2.24) is 9.88 Å². The van der Waals surface area contributed by atoms with E-state index in [1.807, 2.05) is 36.1 Å². The fourth-order valence-corrected chi connectivity index (χ4v) is 3.29. The SMILES string of the molecule is CCC1(O)CN(CC(=O)Nc2nc3ccccc3s2)C1. The first-order valence-corrected chi connectivity index (χ1v) is 7.50. The summed E-state index contributed by atoms with van der Waals surface area (Å²) in [4.78, 5) is 18.2. The molecule has 1 amide bonds. The van der Waals surface area contributed by atoms with Gasteiger partial charge in [-0.15, -0.1) is 0 Å². The summed E-state index contributed by atoms with van der Waals surface area (Å²) in [5.74, 6) is -0.0813. The average Bonchev–Trinajstić information content (AvgIpc) is 2.78. The highest BCUT2D eigenvalue weighted by Gasteiger charge is 2.39. The van der Waals surface area contributed by atoms with Gasteiger partial charge >= 0.3 is 0 Å². The minimum atomic E-state index is -0.601. The molecule has 0 atom stereocenters. The van der Waals surface area contributed by atoms with Crippen LogP contribution in [0.3, 0.4) is 0 Å². The lowest BCUT2D eigenvalue weighted by atomic mass is 9.91. The quantitative estimate of drug-likeness (QED) is 0.899. The topological polar surface area (TPSA) is 65.5 Å². The number of carbonyl (C=O) groups is 1. The van der Waals surface area contributed by atoms with Crippen LogP contribution in [0.1, 0.15) is 13.3 Å². The maximum absolute atomic E-state index is 11.9. The Kier molecular flexibility index (Phi) is 3.45. The third-order valence-corrected chi connectivity index (χ3v) is 4.55. The molecule has 20 heavy (non-hydrogen) atoms.